The summed E-state index contributed by atoms with van der Waals surface area (Å²) in [5, 5.41) is 7.42. The third-order valence-electron chi connectivity index (χ3n) is 7.71. The number of hydrogen-bond acceptors (Lipinski definition) is 8. The highest BCUT2D eigenvalue weighted by Gasteiger charge is 2.14. The molecule has 5 aromatic carbocycles. The molecular weight excluding hydrogens is 600 g/mol. The van der Waals surface area contributed by atoms with Crippen LogP contribution in [-0.2, 0) is 13.1 Å². The molecule has 0 unspecified atom stereocenters. The van der Waals surface area contributed by atoms with Crippen molar-refractivity contribution in [3.05, 3.63) is 176 Å². The summed E-state index contributed by atoms with van der Waals surface area (Å²) in [7, 11) is 0. The van der Waals surface area contributed by atoms with Gasteiger partial charge in [0.25, 0.3) is 0 Å². The van der Waals surface area contributed by atoms with Crippen molar-refractivity contribution in [3.8, 4) is 0 Å². The lowest BCUT2D eigenvalue weighted by Gasteiger charge is -2.10. The smallest absolute Gasteiger partial charge is 0.210 e. The van der Waals surface area contributed by atoms with Crippen molar-refractivity contribution >= 4 is 57.5 Å². The maximum Gasteiger partial charge on any atom is 0.210 e. The van der Waals surface area contributed by atoms with Gasteiger partial charge in [0, 0.05) is 23.8 Å². The Morgan fingerprint density at radius 2 is 0.917 bits per heavy atom. The molecule has 0 atom stereocenters. The van der Waals surface area contributed by atoms with Crippen LogP contribution in [0.25, 0.3) is 21.9 Å². The van der Waals surface area contributed by atoms with Crippen LogP contribution >= 0.6 is 0 Å². The summed E-state index contributed by atoms with van der Waals surface area (Å²) in [6, 6.07) is 41.3. The second-order valence-electron chi connectivity index (χ2n) is 11.1. The number of benzene rings is 5. The Balaban J connectivity index is 1.11. The molecule has 0 radical (unpaired) electrons. The van der Waals surface area contributed by atoms with Crippen molar-refractivity contribution in [2.75, 3.05) is 10.6 Å². The molecule has 0 aliphatic heterocycles. The van der Waals surface area contributed by atoms with Crippen LogP contribution in [0, 0.1) is 0 Å². The maximum absolute atomic E-state index is 13.5. The molecule has 2 heterocycles. The molecule has 0 bridgehead atoms. The summed E-state index contributed by atoms with van der Waals surface area (Å²) in [6.45, 7) is 0.683. The van der Waals surface area contributed by atoms with Gasteiger partial charge in [0.05, 0.1) is 23.9 Å². The summed E-state index contributed by atoms with van der Waals surface area (Å²) in [6.07, 6.45) is 3.13. The monoisotopic (exact) mass is 630 g/mol. The van der Waals surface area contributed by atoms with Crippen molar-refractivity contribution in [2.24, 2.45) is 9.98 Å². The lowest BCUT2D eigenvalue weighted by atomic mass is 10.1. The predicted molar refractivity (Wildman–Crippen MR) is 193 cm³/mol. The van der Waals surface area contributed by atoms with E-state index in [4.69, 9.17) is 8.83 Å². The highest BCUT2D eigenvalue weighted by atomic mass is 16.4. The van der Waals surface area contributed by atoms with Crippen LogP contribution in [0.4, 0.5) is 23.1 Å². The zero-order valence-corrected chi connectivity index (χ0v) is 25.8. The first kappa shape index (κ1) is 30.1. The van der Waals surface area contributed by atoms with Crippen LogP contribution in [0.1, 0.15) is 22.3 Å². The highest BCUT2D eigenvalue weighted by molar-refractivity contribution is 5.93. The molecule has 0 saturated carbocycles. The molecule has 0 aliphatic rings. The van der Waals surface area contributed by atoms with Crippen LogP contribution in [0.2, 0.25) is 0 Å². The number of nitrogens with zero attached hydrogens (tertiary/aromatic N) is 2. The Morgan fingerprint density at radius 3 is 1.38 bits per heavy atom. The minimum absolute atomic E-state index is 0.165. The molecular formula is C40H30N4O4. The van der Waals surface area contributed by atoms with E-state index in [1.54, 1.807) is 36.7 Å². The second-order valence-corrected chi connectivity index (χ2v) is 11.1. The number of anilines is 4. The van der Waals surface area contributed by atoms with Crippen molar-refractivity contribution in [3.63, 3.8) is 0 Å². The average Bonchev–Trinajstić information content (AvgIpc) is 3.12. The molecule has 234 valence electrons. The first-order valence-corrected chi connectivity index (χ1v) is 15.5. The molecule has 2 aromatic heterocycles. The summed E-state index contributed by atoms with van der Waals surface area (Å²) >= 11 is 0. The molecule has 0 saturated heterocycles. The molecule has 7 rings (SSSR count). The Labute approximate surface area is 275 Å². The van der Waals surface area contributed by atoms with Crippen molar-refractivity contribution in [1.29, 1.82) is 0 Å². The fourth-order valence-electron chi connectivity index (χ4n) is 5.35. The summed E-state index contributed by atoms with van der Waals surface area (Å²) in [4.78, 5) is 36.1. The van der Waals surface area contributed by atoms with Gasteiger partial charge in [-0.2, -0.15) is 0 Å². The number of nitrogens with one attached hydrogen (secondary N) is 2. The number of hydrogen-bond donors (Lipinski definition) is 2. The second kappa shape index (κ2) is 13.8. The van der Waals surface area contributed by atoms with E-state index in [2.05, 4.69) is 20.6 Å². The van der Waals surface area contributed by atoms with Gasteiger partial charge in [-0.3, -0.25) is 19.6 Å². The molecule has 7 aromatic rings. The molecule has 2 N–H and O–H groups in total. The minimum atomic E-state index is -0.165. The quantitative estimate of drug-likeness (QED) is 0.147. The Morgan fingerprint density at radius 1 is 0.500 bits per heavy atom. The van der Waals surface area contributed by atoms with Gasteiger partial charge in [0.1, 0.15) is 22.3 Å². The molecule has 0 amide bonds. The Bertz CT molecular complexity index is 2230. The van der Waals surface area contributed by atoms with Crippen LogP contribution in [0.5, 0.6) is 0 Å². The fourth-order valence-corrected chi connectivity index (χ4v) is 5.35. The molecule has 0 aliphatic carbocycles. The van der Waals surface area contributed by atoms with E-state index < -0.39 is 0 Å². The largest absolute Gasteiger partial charge is 0.439 e. The standard InChI is InChI=1S/C40H30N4O4/c45-37-31-18-7-9-20-35(31)47-39(43-29-14-3-1-4-15-29)33(37)25-41-23-27-12-11-13-28(22-27)24-42-26-34-38(46)32-19-8-10-21-36(32)48-40(34)44-30-16-5-2-6-17-30/h1-22,25-26,43-44H,23-24H2. The zero-order valence-electron chi connectivity index (χ0n) is 25.8. The molecule has 0 spiro atoms. The van der Waals surface area contributed by atoms with Gasteiger partial charge in [-0.05, 0) is 59.7 Å². The van der Waals surface area contributed by atoms with Gasteiger partial charge in [-0.25, -0.2) is 0 Å². The van der Waals surface area contributed by atoms with E-state index in [9.17, 15) is 9.59 Å². The lowest BCUT2D eigenvalue weighted by molar-refractivity contribution is 0.620. The molecule has 8 heteroatoms. The van der Waals surface area contributed by atoms with Crippen molar-refractivity contribution in [2.45, 2.75) is 13.1 Å². The van der Waals surface area contributed by atoms with E-state index in [1.807, 2.05) is 109 Å². The van der Waals surface area contributed by atoms with Gasteiger partial charge in [-0.15, -0.1) is 0 Å². The van der Waals surface area contributed by atoms with Gasteiger partial charge in [-0.1, -0.05) is 84.9 Å². The molecule has 48 heavy (non-hydrogen) atoms. The van der Waals surface area contributed by atoms with Crippen LogP contribution in [-0.4, -0.2) is 12.4 Å². The Hall–Kier alpha value is -6.54. The number of para-hydroxylation sites is 4. The van der Waals surface area contributed by atoms with E-state index in [0.717, 1.165) is 22.5 Å². The molecule has 8 nitrogen and oxygen atoms in total. The van der Waals surface area contributed by atoms with E-state index in [0.29, 0.717) is 57.9 Å². The summed E-state index contributed by atoms with van der Waals surface area (Å²) in [5.74, 6) is 0.659. The lowest BCUT2D eigenvalue weighted by Crippen LogP contribution is -2.12. The maximum atomic E-state index is 13.5. The third kappa shape index (κ3) is 6.68. The predicted octanol–water partition coefficient (Wildman–Crippen LogP) is 8.62. The summed E-state index contributed by atoms with van der Waals surface area (Å²) in [5.41, 5.74) is 4.82. The fraction of sp³-hybridized carbons (Fsp3) is 0.0500. The van der Waals surface area contributed by atoms with Gasteiger partial charge in [0.2, 0.25) is 22.6 Å². The van der Waals surface area contributed by atoms with Gasteiger partial charge >= 0.3 is 0 Å². The number of aliphatic imine (C=N–C) groups is 2. The number of fused-ring (bicyclic) bond motifs is 2. The van der Waals surface area contributed by atoms with E-state index >= 15 is 0 Å². The normalized spacial score (nSPS) is 11.5. The van der Waals surface area contributed by atoms with E-state index in [1.165, 1.54) is 0 Å². The van der Waals surface area contributed by atoms with Crippen LogP contribution in [0.3, 0.4) is 0 Å². The van der Waals surface area contributed by atoms with Crippen molar-refractivity contribution < 1.29 is 8.83 Å². The van der Waals surface area contributed by atoms with Gasteiger partial charge in [0.15, 0.2) is 0 Å². The first-order chi connectivity index (χ1) is 23.6. The van der Waals surface area contributed by atoms with Gasteiger partial charge < -0.3 is 19.5 Å². The first-order valence-electron chi connectivity index (χ1n) is 15.5. The Kier molecular flexibility index (Phi) is 8.69. The van der Waals surface area contributed by atoms with Crippen molar-refractivity contribution in [1.82, 2.24) is 0 Å². The average molecular weight is 631 g/mol. The zero-order chi connectivity index (χ0) is 32.7. The SMILES string of the molecule is O=c1c(C=NCc2cccc(CN=Cc3c(Nc4ccccc4)oc4ccccc4c3=O)c2)c(Nc2ccccc2)oc2ccccc12. The number of rotatable bonds is 10. The highest BCUT2D eigenvalue weighted by Crippen LogP contribution is 2.24. The molecule has 0 fully saturated rings. The third-order valence-corrected chi connectivity index (χ3v) is 7.71. The van der Waals surface area contributed by atoms with Crippen LogP contribution < -0.4 is 21.5 Å². The van der Waals surface area contributed by atoms with Crippen LogP contribution in [0.15, 0.2) is 162 Å². The topological polar surface area (TPSA) is 109 Å². The summed E-state index contributed by atoms with van der Waals surface area (Å²) < 4.78 is 12.2. The minimum Gasteiger partial charge on any atom is -0.439 e. The van der Waals surface area contributed by atoms with E-state index in [-0.39, 0.29) is 10.9 Å².